The summed E-state index contributed by atoms with van der Waals surface area (Å²) in [4.78, 5) is 4.03. The molecule has 0 aromatic carbocycles. The number of hydrogen-bond donors (Lipinski definition) is 2. The van der Waals surface area contributed by atoms with E-state index < -0.39 is 5.60 Å². The molecule has 0 amide bonds. The van der Waals surface area contributed by atoms with Crippen LogP contribution in [0, 0.1) is 0 Å². The first-order chi connectivity index (χ1) is 7.65. The highest BCUT2D eigenvalue weighted by Gasteiger charge is 2.36. The number of anilines is 1. The zero-order chi connectivity index (χ0) is 11.6. The minimum Gasteiger partial charge on any atom is -0.398 e. The summed E-state index contributed by atoms with van der Waals surface area (Å²) in [6.07, 6.45) is 6.66. The summed E-state index contributed by atoms with van der Waals surface area (Å²) >= 11 is 0. The highest BCUT2D eigenvalue weighted by atomic mass is 16.5. The summed E-state index contributed by atoms with van der Waals surface area (Å²) in [6, 6.07) is 1.73. The van der Waals surface area contributed by atoms with Gasteiger partial charge in [-0.2, -0.15) is 0 Å². The van der Waals surface area contributed by atoms with Gasteiger partial charge >= 0.3 is 0 Å². The molecule has 0 radical (unpaired) electrons. The molecule has 1 aromatic rings. The summed E-state index contributed by atoms with van der Waals surface area (Å²) in [5.41, 5.74) is 6.42. The molecule has 1 fully saturated rings. The fraction of sp³-hybridized carbons (Fsp3) is 0.583. The highest BCUT2D eigenvalue weighted by molar-refractivity contribution is 5.47. The van der Waals surface area contributed by atoms with Crippen LogP contribution in [0.15, 0.2) is 18.5 Å². The van der Waals surface area contributed by atoms with Gasteiger partial charge in [-0.3, -0.25) is 4.98 Å². The predicted molar refractivity (Wildman–Crippen MR) is 61.8 cm³/mol. The molecule has 2 rings (SSSR count). The molecule has 0 aliphatic heterocycles. The molecule has 0 atom stereocenters. The monoisotopic (exact) mass is 222 g/mol. The maximum Gasteiger partial charge on any atom is 0.0933 e. The molecule has 3 N–H and O–H groups in total. The lowest BCUT2D eigenvalue weighted by atomic mass is 9.78. The van der Waals surface area contributed by atoms with Crippen molar-refractivity contribution < 1.29 is 9.84 Å². The molecule has 0 unspecified atom stereocenters. The first-order valence-corrected chi connectivity index (χ1v) is 5.61. The van der Waals surface area contributed by atoms with Crippen LogP contribution < -0.4 is 5.73 Å². The van der Waals surface area contributed by atoms with E-state index in [9.17, 15) is 5.11 Å². The van der Waals surface area contributed by atoms with Crippen LogP contribution in [-0.4, -0.2) is 23.3 Å². The van der Waals surface area contributed by atoms with Crippen LogP contribution in [0.5, 0.6) is 0 Å². The summed E-state index contributed by atoms with van der Waals surface area (Å²) in [5.74, 6) is 0. The Morgan fingerprint density at radius 1 is 1.50 bits per heavy atom. The third-order valence-electron chi connectivity index (χ3n) is 3.45. The lowest BCUT2D eigenvalue weighted by Gasteiger charge is -2.36. The average molecular weight is 222 g/mol. The normalized spacial score (nSPS) is 30.2. The molecule has 1 heterocycles. The Labute approximate surface area is 95.4 Å². The van der Waals surface area contributed by atoms with Gasteiger partial charge in [0.1, 0.15) is 0 Å². The van der Waals surface area contributed by atoms with Crippen molar-refractivity contribution >= 4 is 5.69 Å². The molecular formula is C12H18N2O2. The molecule has 1 aliphatic rings. The molecule has 88 valence electrons. The number of pyridine rings is 1. The van der Waals surface area contributed by atoms with Crippen LogP contribution in [0.25, 0.3) is 0 Å². The molecule has 1 aromatic heterocycles. The van der Waals surface area contributed by atoms with Crippen molar-refractivity contribution in [1.29, 1.82) is 0 Å². The summed E-state index contributed by atoms with van der Waals surface area (Å²) in [7, 11) is 1.72. The van der Waals surface area contributed by atoms with Gasteiger partial charge in [-0.25, -0.2) is 0 Å². The zero-order valence-corrected chi connectivity index (χ0v) is 9.52. The third kappa shape index (κ3) is 2.03. The smallest absolute Gasteiger partial charge is 0.0933 e. The van der Waals surface area contributed by atoms with Crippen LogP contribution >= 0.6 is 0 Å². The van der Waals surface area contributed by atoms with Crippen molar-refractivity contribution in [3.63, 3.8) is 0 Å². The number of nitrogens with two attached hydrogens (primary N) is 1. The summed E-state index contributed by atoms with van der Waals surface area (Å²) < 4.78 is 5.29. The van der Waals surface area contributed by atoms with E-state index >= 15 is 0 Å². The fourth-order valence-electron chi connectivity index (χ4n) is 2.37. The van der Waals surface area contributed by atoms with Crippen molar-refractivity contribution in [3.8, 4) is 0 Å². The minimum atomic E-state index is -0.826. The lowest BCUT2D eigenvalue weighted by Crippen LogP contribution is -2.34. The van der Waals surface area contributed by atoms with Gasteiger partial charge in [0.05, 0.1) is 11.7 Å². The molecule has 0 saturated heterocycles. The van der Waals surface area contributed by atoms with Crippen LogP contribution in [0.2, 0.25) is 0 Å². The molecule has 0 spiro atoms. The van der Waals surface area contributed by atoms with E-state index in [0.717, 1.165) is 18.4 Å². The van der Waals surface area contributed by atoms with Gasteiger partial charge in [0.15, 0.2) is 0 Å². The Balaban J connectivity index is 2.18. The number of ether oxygens (including phenoxy) is 1. The number of nitrogen functional groups attached to an aromatic ring is 1. The molecule has 1 aliphatic carbocycles. The fourth-order valence-corrected chi connectivity index (χ4v) is 2.37. The van der Waals surface area contributed by atoms with E-state index in [1.54, 1.807) is 25.6 Å². The Morgan fingerprint density at radius 2 is 2.19 bits per heavy atom. The van der Waals surface area contributed by atoms with Gasteiger partial charge in [-0.05, 0) is 31.7 Å². The van der Waals surface area contributed by atoms with E-state index in [1.807, 2.05) is 0 Å². The van der Waals surface area contributed by atoms with Crippen LogP contribution in [0.1, 0.15) is 31.2 Å². The molecule has 4 nitrogen and oxygen atoms in total. The number of hydrogen-bond acceptors (Lipinski definition) is 4. The Hall–Kier alpha value is -1.13. The first kappa shape index (κ1) is 11.4. The second kappa shape index (κ2) is 4.39. The van der Waals surface area contributed by atoms with Crippen LogP contribution in [0.4, 0.5) is 5.69 Å². The Kier molecular flexibility index (Phi) is 3.12. The van der Waals surface area contributed by atoms with Gasteiger partial charge in [-0.15, -0.1) is 0 Å². The minimum absolute atomic E-state index is 0.262. The van der Waals surface area contributed by atoms with E-state index in [4.69, 9.17) is 10.5 Å². The van der Waals surface area contributed by atoms with Crippen molar-refractivity contribution in [2.45, 2.75) is 37.4 Å². The standard InChI is InChI=1S/C12H18N2O2/c1-16-9-2-5-12(15,6-3-9)10-8-14-7-4-11(10)13/h4,7-9,15H,2-3,5-6H2,1H3,(H2,13,14). The summed E-state index contributed by atoms with van der Waals surface area (Å²) in [6.45, 7) is 0. The van der Waals surface area contributed by atoms with E-state index in [0.29, 0.717) is 18.5 Å². The highest BCUT2D eigenvalue weighted by Crippen LogP contribution is 2.39. The summed E-state index contributed by atoms with van der Waals surface area (Å²) in [5, 5.41) is 10.6. The Bertz CT molecular complexity index is 360. The van der Waals surface area contributed by atoms with Gasteiger partial charge in [0.25, 0.3) is 0 Å². The lowest BCUT2D eigenvalue weighted by molar-refractivity contribution is -0.0471. The zero-order valence-electron chi connectivity index (χ0n) is 9.52. The van der Waals surface area contributed by atoms with Crippen molar-refractivity contribution in [2.75, 3.05) is 12.8 Å². The van der Waals surface area contributed by atoms with E-state index in [1.165, 1.54) is 0 Å². The van der Waals surface area contributed by atoms with Crippen molar-refractivity contribution in [3.05, 3.63) is 24.0 Å². The first-order valence-electron chi connectivity index (χ1n) is 5.61. The molecule has 1 saturated carbocycles. The van der Waals surface area contributed by atoms with Crippen LogP contribution in [0.3, 0.4) is 0 Å². The van der Waals surface area contributed by atoms with Gasteiger partial charge in [0.2, 0.25) is 0 Å². The van der Waals surface area contributed by atoms with Crippen LogP contribution in [-0.2, 0) is 10.3 Å². The SMILES string of the molecule is COC1CCC(O)(c2cnccc2N)CC1. The van der Waals surface area contributed by atoms with Crippen molar-refractivity contribution in [1.82, 2.24) is 4.98 Å². The van der Waals surface area contributed by atoms with Gasteiger partial charge in [0, 0.05) is 30.8 Å². The largest absolute Gasteiger partial charge is 0.398 e. The van der Waals surface area contributed by atoms with E-state index in [2.05, 4.69) is 4.98 Å². The average Bonchev–Trinajstić information content (AvgIpc) is 2.30. The van der Waals surface area contributed by atoms with Gasteiger partial charge < -0.3 is 15.6 Å². The van der Waals surface area contributed by atoms with Crippen molar-refractivity contribution in [2.24, 2.45) is 0 Å². The molecule has 0 bridgehead atoms. The predicted octanol–water partition coefficient (Wildman–Crippen LogP) is 1.44. The number of rotatable bonds is 2. The topological polar surface area (TPSA) is 68.4 Å². The second-order valence-corrected chi connectivity index (χ2v) is 4.43. The molecular weight excluding hydrogens is 204 g/mol. The second-order valence-electron chi connectivity index (χ2n) is 4.43. The third-order valence-corrected chi connectivity index (χ3v) is 3.45. The number of aliphatic hydroxyl groups is 1. The Morgan fingerprint density at radius 3 is 2.75 bits per heavy atom. The molecule has 16 heavy (non-hydrogen) atoms. The van der Waals surface area contributed by atoms with E-state index in [-0.39, 0.29) is 6.10 Å². The number of methoxy groups -OCH3 is 1. The number of aromatic nitrogens is 1. The maximum atomic E-state index is 10.6. The maximum absolute atomic E-state index is 10.6. The quantitative estimate of drug-likeness (QED) is 0.794. The van der Waals surface area contributed by atoms with Gasteiger partial charge in [-0.1, -0.05) is 0 Å². The molecule has 4 heteroatoms. The number of nitrogens with zero attached hydrogens (tertiary/aromatic N) is 1.